The van der Waals surface area contributed by atoms with E-state index in [-0.39, 0.29) is 0 Å². The average Bonchev–Trinajstić information content (AvgIpc) is 3.09. The summed E-state index contributed by atoms with van der Waals surface area (Å²) >= 11 is 6.15. The van der Waals surface area contributed by atoms with Gasteiger partial charge in [-0.25, -0.2) is 9.97 Å². The molecule has 112 valence electrons. The highest BCUT2D eigenvalue weighted by atomic mass is 35.5. The number of imidazole rings is 1. The number of aromatic nitrogens is 3. The molecule has 0 bridgehead atoms. The lowest BCUT2D eigenvalue weighted by molar-refractivity contribution is 0.156. The molecule has 4 heterocycles. The Morgan fingerprint density at radius 2 is 2.10 bits per heavy atom. The van der Waals surface area contributed by atoms with Gasteiger partial charge in [0.25, 0.3) is 0 Å². The smallest absolute Gasteiger partial charge is 0.160 e. The molecular formula is C16H21ClN4. The maximum absolute atomic E-state index is 6.15. The van der Waals surface area contributed by atoms with Crippen LogP contribution in [0, 0.1) is 6.92 Å². The van der Waals surface area contributed by atoms with Crippen LogP contribution in [0.3, 0.4) is 0 Å². The third-order valence-corrected chi connectivity index (χ3v) is 5.27. The maximum atomic E-state index is 6.15. The molecule has 21 heavy (non-hydrogen) atoms. The largest absolute Gasteiger partial charge is 0.308 e. The average molecular weight is 305 g/mol. The van der Waals surface area contributed by atoms with Crippen LogP contribution in [0.1, 0.15) is 43.2 Å². The van der Waals surface area contributed by atoms with Crippen LogP contribution in [0.4, 0.5) is 0 Å². The van der Waals surface area contributed by atoms with Crippen molar-refractivity contribution in [1.82, 2.24) is 19.4 Å². The SMILES string of the molecule is Cc1ccc2nc(CCl)n(C3CCN4CCCC4C3)c2n1. The lowest BCUT2D eigenvalue weighted by atomic mass is 9.97. The minimum absolute atomic E-state index is 0.459. The number of fused-ring (bicyclic) bond motifs is 2. The zero-order chi connectivity index (χ0) is 14.4. The molecule has 2 aromatic rings. The molecule has 0 saturated carbocycles. The summed E-state index contributed by atoms with van der Waals surface area (Å²) in [6.07, 6.45) is 5.08. The lowest BCUT2D eigenvalue weighted by Crippen LogP contribution is -2.39. The first-order valence-corrected chi connectivity index (χ1v) is 8.44. The van der Waals surface area contributed by atoms with Gasteiger partial charge in [-0.2, -0.15) is 0 Å². The summed E-state index contributed by atoms with van der Waals surface area (Å²) in [5.41, 5.74) is 3.04. The number of hydrogen-bond acceptors (Lipinski definition) is 3. The van der Waals surface area contributed by atoms with E-state index in [0.29, 0.717) is 11.9 Å². The molecule has 5 heteroatoms. The Morgan fingerprint density at radius 1 is 1.19 bits per heavy atom. The minimum Gasteiger partial charge on any atom is -0.308 e. The molecule has 0 aliphatic carbocycles. The van der Waals surface area contributed by atoms with E-state index in [1.165, 1.54) is 38.8 Å². The van der Waals surface area contributed by atoms with Gasteiger partial charge in [-0.3, -0.25) is 0 Å². The summed E-state index contributed by atoms with van der Waals surface area (Å²) in [4.78, 5) is 12.1. The van der Waals surface area contributed by atoms with Crippen LogP contribution in [-0.2, 0) is 5.88 Å². The second-order valence-electron chi connectivity index (χ2n) is 6.34. The molecule has 0 spiro atoms. The number of piperidine rings is 1. The van der Waals surface area contributed by atoms with Crippen LogP contribution >= 0.6 is 11.6 Å². The van der Waals surface area contributed by atoms with Crippen molar-refractivity contribution in [2.24, 2.45) is 0 Å². The fourth-order valence-electron chi connectivity index (χ4n) is 4.03. The van der Waals surface area contributed by atoms with Crippen LogP contribution in [0.5, 0.6) is 0 Å². The monoisotopic (exact) mass is 304 g/mol. The molecule has 4 rings (SSSR count). The van der Waals surface area contributed by atoms with Crippen molar-refractivity contribution in [3.05, 3.63) is 23.7 Å². The Morgan fingerprint density at radius 3 is 2.95 bits per heavy atom. The third-order valence-electron chi connectivity index (χ3n) is 5.03. The maximum Gasteiger partial charge on any atom is 0.160 e. The first kappa shape index (κ1) is 13.5. The first-order chi connectivity index (χ1) is 10.3. The Kier molecular flexibility index (Phi) is 3.38. The number of rotatable bonds is 2. The molecule has 0 aromatic carbocycles. The van der Waals surface area contributed by atoms with Crippen molar-refractivity contribution in [3.8, 4) is 0 Å². The summed E-state index contributed by atoms with van der Waals surface area (Å²) in [5.74, 6) is 1.43. The van der Waals surface area contributed by atoms with E-state index >= 15 is 0 Å². The number of hydrogen-bond donors (Lipinski definition) is 0. The summed E-state index contributed by atoms with van der Waals surface area (Å²) in [6.45, 7) is 4.51. The van der Waals surface area contributed by atoms with Crippen LogP contribution in [0.2, 0.25) is 0 Å². The van der Waals surface area contributed by atoms with E-state index in [2.05, 4.69) is 20.5 Å². The van der Waals surface area contributed by atoms with E-state index in [0.717, 1.165) is 28.7 Å². The topological polar surface area (TPSA) is 34.0 Å². The first-order valence-electron chi connectivity index (χ1n) is 7.90. The number of nitrogens with zero attached hydrogens (tertiary/aromatic N) is 4. The molecule has 2 fully saturated rings. The van der Waals surface area contributed by atoms with Gasteiger partial charge in [0.1, 0.15) is 11.3 Å². The second-order valence-corrected chi connectivity index (χ2v) is 6.60. The van der Waals surface area contributed by atoms with E-state index in [1.54, 1.807) is 0 Å². The third kappa shape index (κ3) is 2.25. The Labute approximate surface area is 130 Å². The van der Waals surface area contributed by atoms with Crippen LogP contribution in [-0.4, -0.2) is 38.6 Å². The van der Waals surface area contributed by atoms with Gasteiger partial charge in [0.15, 0.2) is 5.65 Å². The van der Waals surface area contributed by atoms with E-state index in [4.69, 9.17) is 16.6 Å². The van der Waals surface area contributed by atoms with Gasteiger partial charge in [-0.1, -0.05) is 0 Å². The molecule has 2 unspecified atom stereocenters. The highest BCUT2D eigenvalue weighted by molar-refractivity contribution is 6.16. The number of pyridine rings is 1. The Hall–Kier alpha value is -1.13. The Balaban J connectivity index is 1.76. The molecule has 4 nitrogen and oxygen atoms in total. The highest BCUT2D eigenvalue weighted by Crippen LogP contribution is 2.35. The van der Waals surface area contributed by atoms with E-state index in [1.807, 2.05) is 13.0 Å². The molecule has 2 aliphatic heterocycles. The van der Waals surface area contributed by atoms with Gasteiger partial charge in [0.2, 0.25) is 0 Å². The zero-order valence-electron chi connectivity index (χ0n) is 12.4. The van der Waals surface area contributed by atoms with Gasteiger partial charge >= 0.3 is 0 Å². The van der Waals surface area contributed by atoms with Crippen LogP contribution < -0.4 is 0 Å². The van der Waals surface area contributed by atoms with Crippen molar-refractivity contribution in [3.63, 3.8) is 0 Å². The highest BCUT2D eigenvalue weighted by Gasteiger charge is 2.33. The standard InChI is InChI=1S/C16H21ClN4/c1-11-4-5-14-16(18-11)21(15(10-17)19-14)13-6-8-20-7-2-3-12(20)9-13/h4-5,12-13H,2-3,6-10H2,1H3. The molecular weight excluding hydrogens is 284 g/mol. The van der Waals surface area contributed by atoms with Gasteiger partial charge in [-0.15, -0.1) is 11.6 Å². The number of alkyl halides is 1. The molecule has 2 atom stereocenters. The molecule has 0 amide bonds. The lowest BCUT2D eigenvalue weighted by Gasteiger charge is -2.36. The van der Waals surface area contributed by atoms with Crippen molar-refractivity contribution >= 4 is 22.8 Å². The predicted octanol–water partition coefficient (Wildman–Crippen LogP) is 3.28. The van der Waals surface area contributed by atoms with E-state index < -0.39 is 0 Å². The summed E-state index contributed by atoms with van der Waals surface area (Å²) in [6, 6.07) is 5.33. The van der Waals surface area contributed by atoms with Crippen molar-refractivity contribution in [2.75, 3.05) is 13.1 Å². The zero-order valence-corrected chi connectivity index (χ0v) is 13.2. The van der Waals surface area contributed by atoms with Gasteiger partial charge in [0, 0.05) is 24.3 Å². The number of aryl methyl sites for hydroxylation is 1. The normalized spacial score (nSPS) is 26.4. The summed E-state index contributed by atoms with van der Waals surface area (Å²) < 4.78 is 2.32. The quantitative estimate of drug-likeness (QED) is 0.799. The van der Waals surface area contributed by atoms with Gasteiger partial charge in [-0.05, 0) is 51.3 Å². The Bertz CT molecular complexity index is 666. The van der Waals surface area contributed by atoms with Crippen molar-refractivity contribution in [1.29, 1.82) is 0 Å². The molecule has 0 N–H and O–H groups in total. The molecule has 2 saturated heterocycles. The van der Waals surface area contributed by atoms with Crippen LogP contribution in [0.15, 0.2) is 12.1 Å². The van der Waals surface area contributed by atoms with Gasteiger partial charge < -0.3 is 9.47 Å². The molecule has 2 aliphatic rings. The van der Waals surface area contributed by atoms with Crippen molar-refractivity contribution < 1.29 is 0 Å². The van der Waals surface area contributed by atoms with Gasteiger partial charge in [0.05, 0.1) is 5.88 Å². The second kappa shape index (κ2) is 5.25. The predicted molar refractivity (Wildman–Crippen MR) is 84.7 cm³/mol. The summed E-state index contributed by atoms with van der Waals surface area (Å²) in [7, 11) is 0. The molecule has 2 aromatic heterocycles. The van der Waals surface area contributed by atoms with Crippen LogP contribution in [0.25, 0.3) is 11.2 Å². The fraction of sp³-hybridized carbons (Fsp3) is 0.625. The van der Waals surface area contributed by atoms with Crippen molar-refractivity contribution in [2.45, 2.75) is 50.6 Å². The van der Waals surface area contributed by atoms with E-state index in [9.17, 15) is 0 Å². The molecule has 0 radical (unpaired) electrons. The minimum atomic E-state index is 0.459. The fourth-order valence-corrected chi connectivity index (χ4v) is 4.22. The number of halogens is 1. The summed E-state index contributed by atoms with van der Waals surface area (Å²) in [5, 5.41) is 0.